The average molecular weight is 460 g/mol. The van der Waals surface area contributed by atoms with E-state index >= 15 is 0 Å². The van der Waals surface area contributed by atoms with Crippen molar-refractivity contribution in [1.29, 1.82) is 0 Å². The number of benzene rings is 2. The zero-order valence-corrected chi connectivity index (χ0v) is 17.1. The van der Waals surface area contributed by atoms with Gasteiger partial charge in [-0.1, -0.05) is 30.3 Å². The monoisotopic (exact) mass is 460 g/mol. The van der Waals surface area contributed by atoms with Crippen molar-refractivity contribution in [2.24, 2.45) is 0 Å². The molecule has 2 aromatic carbocycles. The van der Waals surface area contributed by atoms with Crippen LogP contribution in [0.1, 0.15) is 0 Å². The molecule has 0 amide bonds. The molecule has 2 heterocycles. The molecule has 11 heteroatoms. The van der Waals surface area contributed by atoms with Gasteiger partial charge in [-0.05, 0) is 0 Å². The molecule has 1 saturated heterocycles. The maximum Gasteiger partial charge on any atom is 0.335 e. The van der Waals surface area contributed by atoms with E-state index in [1.54, 1.807) is 30.3 Å². The summed E-state index contributed by atoms with van der Waals surface area (Å²) < 4.78 is 21.8. The number of fused-ring (bicyclic) bond motifs is 1. The quantitative estimate of drug-likeness (QED) is 0.357. The molecule has 1 aliphatic heterocycles. The van der Waals surface area contributed by atoms with Crippen LogP contribution >= 0.6 is 0 Å². The number of carboxylic acids is 1. The number of phenols is 1. The molecular formula is C22H20O11. The smallest absolute Gasteiger partial charge is 0.335 e. The summed E-state index contributed by atoms with van der Waals surface area (Å²) in [5.74, 6) is -2.36. The number of rotatable bonds is 5. The minimum Gasteiger partial charge on any atom is -0.507 e. The summed E-state index contributed by atoms with van der Waals surface area (Å²) >= 11 is 0. The Bertz CT molecular complexity index is 1240. The third kappa shape index (κ3) is 3.98. The number of ether oxygens (including phenoxy) is 3. The van der Waals surface area contributed by atoms with E-state index in [9.17, 15) is 35.1 Å². The maximum atomic E-state index is 12.7. The van der Waals surface area contributed by atoms with Gasteiger partial charge < -0.3 is 44.2 Å². The summed E-state index contributed by atoms with van der Waals surface area (Å²) in [7, 11) is 1.24. The van der Waals surface area contributed by atoms with Gasteiger partial charge in [0.2, 0.25) is 12.0 Å². The molecule has 5 N–H and O–H groups in total. The van der Waals surface area contributed by atoms with E-state index in [4.69, 9.17) is 18.6 Å². The van der Waals surface area contributed by atoms with Gasteiger partial charge in [0.05, 0.1) is 7.11 Å². The van der Waals surface area contributed by atoms with Crippen molar-refractivity contribution < 1.29 is 49.0 Å². The van der Waals surface area contributed by atoms with Crippen LogP contribution in [0.2, 0.25) is 0 Å². The van der Waals surface area contributed by atoms with E-state index in [-0.39, 0.29) is 28.2 Å². The molecule has 1 fully saturated rings. The highest BCUT2D eigenvalue weighted by Gasteiger charge is 2.48. The zero-order chi connectivity index (χ0) is 23.9. The van der Waals surface area contributed by atoms with Crippen LogP contribution < -0.4 is 14.9 Å². The Morgan fingerprint density at radius 1 is 1.03 bits per heavy atom. The van der Waals surface area contributed by atoms with Crippen molar-refractivity contribution >= 4 is 16.9 Å². The molecule has 33 heavy (non-hydrogen) atoms. The van der Waals surface area contributed by atoms with Crippen molar-refractivity contribution in [2.75, 3.05) is 7.11 Å². The number of carbonyl (C=O) groups is 1. The number of phenolic OH excluding ortho intramolecular Hbond substituents is 1. The first-order valence-electron chi connectivity index (χ1n) is 9.75. The Morgan fingerprint density at radius 3 is 2.36 bits per heavy atom. The molecule has 0 spiro atoms. The summed E-state index contributed by atoms with van der Waals surface area (Å²) in [4.78, 5) is 24.0. The van der Waals surface area contributed by atoms with Crippen molar-refractivity contribution in [1.82, 2.24) is 0 Å². The molecule has 0 bridgehead atoms. The van der Waals surface area contributed by atoms with Gasteiger partial charge in [0.15, 0.2) is 22.9 Å². The lowest BCUT2D eigenvalue weighted by molar-refractivity contribution is -0.271. The highest BCUT2D eigenvalue weighted by Crippen LogP contribution is 2.42. The second-order valence-electron chi connectivity index (χ2n) is 7.33. The first-order chi connectivity index (χ1) is 15.7. The molecule has 3 aromatic rings. The normalized spacial score (nSPS) is 25.0. The number of carboxylic acid groups (broad SMARTS) is 1. The number of aliphatic carboxylic acids is 1. The standard InChI is InChI=1S/C22H20O11/c1-30-18-13(32-22-17(27)15(25)16(26)20(33-22)21(28)29)8-11(24)14-10(23)7-12(31-19(14)18)9-5-3-2-4-6-9/h2-8,15-17,20,22,24-27H,1H3,(H,28,29)/t15-,16-,17+,20-,22?/m0/s1. The average Bonchev–Trinajstić information content (AvgIpc) is 2.79. The molecule has 174 valence electrons. The molecule has 1 unspecified atom stereocenters. The van der Waals surface area contributed by atoms with Crippen LogP contribution in [0.5, 0.6) is 17.2 Å². The molecule has 0 saturated carbocycles. The summed E-state index contributed by atoms with van der Waals surface area (Å²) in [5.41, 5.74) is -0.146. The van der Waals surface area contributed by atoms with Crippen LogP contribution in [0.15, 0.2) is 51.7 Å². The SMILES string of the molecule is COc1c(OC2O[C@H](C(=O)O)[C@@H](O)[C@H](O)[C@H]2O)cc(O)c2c(=O)cc(-c3ccccc3)oc12. The van der Waals surface area contributed by atoms with Crippen LogP contribution in [-0.2, 0) is 9.53 Å². The van der Waals surface area contributed by atoms with Gasteiger partial charge >= 0.3 is 5.97 Å². The Hall–Kier alpha value is -3.64. The minimum absolute atomic E-state index is 0.152. The van der Waals surface area contributed by atoms with Gasteiger partial charge in [-0.2, -0.15) is 0 Å². The highest BCUT2D eigenvalue weighted by molar-refractivity contribution is 5.91. The van der Waals surface area contributed by atoms with E-state index in [2.05, 4.69) is 0 Å². The van der Waals surface area contributed by atoms with Crippen molar-refractivity contribution in [3.05, 3.63) is 52.7 Å². The van der Waals surface area contributed by atoms with Crippen LogP contribution in [0, 0.1) is 0 Å². The van der Waals surface area contributed by atoms with Gasteiger partial charge in [-0.3, -0.25) is 4.79 Å². The Kier molecular flexibility index (Phi) is 5.95. The van der Waals surface area contributed by atoms with Gasteiger partial charge in [-0.25, -0.2) is 4.79 Å². The predicted octanol–water partition coefficient (Wildman–Crippen LogP) is 0.445. The number of aliphatic hydroxyl groups excluding tert-OH is 3. The second-order valence-corrected chi connectivity index (χ2v) is 7.33. The van der Waals surface area contributed by atoms with E-state index in [0.29, 0.717) is 5.56 Å². The molecule has 0 radical (unpaired) electrons. The maximum absolute atomic E-state index is 12.7. The summed E-state index contributed by atoms with van der Waals surface area (Å²) in [6, 6.07) is 10.9. The molecule has 1 aromatic heterocycles. The van der Waals surface area contributed by atoms with E-state index in [1.807, 2.05) is 0 Å². The van der Waals surface area contributed by atoms with E-state index in [1.165, 1.54) is 13.2 Å². The van der Waals surface area contributed by atoms with E-state index < -0.39 is 47.9 Å². The van der Waals surface area contributed by atoms with Crippen molar-refractivity contribution in [3.8, 4) is 28.6 Å². The molecular weight excluding hydrogens is 440 g/mol. The fourth-order valence-electron chi connectivity index (χ4n) is 3.57. The zero-order valence-electron chi connectivity index (χ0n) is 17.1. The summed E-state index contributed by atoms with van der Waals surface area (Å²) in [6.45, 7) is 0. The number of hydrogen-bond donors (Lipinski definition) is 5. The van der Waals surface area contributed by atoms with Crippen LogP contribution in [-0.4, -0.2) is 69.3 Å². The molecule has 11 nitrogen and oxygen atoms in total. The fraction of sp³-hybridized carbons (Fsp3) is 0.273. The van der Waals surface area contributed by atoms with Gasteiger partial charge in [0, 0.05) is 17.7 Å². The predicted molar refractivity (Wildman–Crippen MR) is 111 cm³/mol. The first-order valence-corrected chi connectivity index (χ1v) is 9.75. The lowest BCUT2D eigenvalue weighted by Gasteiger charge is -2.38. The fourth-order valence-corrected chi connectivity index (χ4v) is 3.57. The van der Waals surface area contributed by atoms with Gasteiger partial charge in [-0.15, -0.1) is 0 Å². The third-order valence-corrected chi connectivity index (χ3v) is 5.22. The van der Waals surface area contributed by atoms with E-state index in [0.717, 1.165) is 6.07 Å². The van der Waals surface area contributed by atoms with Crippen molar-refractivity contribution in [3.63, 3.8) is 0 Å². The number of aromatic hydroxyl groups is 1. The molecule has 5 atom stereocenters. The third-order valence-electron chi connectivity index (χ3n) is 5.22. The Labute approximate surface area is 185 Å². The minimum atomic E-state index is -1.91. The number of hydrogen-bond acceptors (Lipinski definition) is 10. The van der Waals surface area contributed by atoms with Crippen LogP contribution in [0.3, 0.4) is 0 Å². The molecule has 1 aliphatic rings. The second kappa shape index (κ2) is 8.71. The largest absolute Gasteiger partial charge is 0.507 e. The summed E-state index contributed by atoms with van der Waals surface area (Å²) in [6.07, 6.45) is -9.31. The summed E-state index contributed by atoms with van der Waals surface area (Å²) in [5, 5.41) is 49.5. The van der Waals surface area contributed by atoms with Gasteiger partial charge in [0.1, 0.15) is 35.2 Å². The number of aliphatic hydroxyl groups is 3. The molecule has 0 aliphatic carbocycles. The number of methoxy groups -OCH3 is 1. The van der Waals surface area contributed by atoms with Crippen LogP contribution in [0.25, 0.3) is 22.3 Å². The Balaban J connectivity index is 1.81. The highest BCUT2D eigenvalue weighted by atomic mass is 16.7. The first kappa shape index (κ1) is 22.6. The van der Waals surface area contributed by atoms with Crippen LogP contribution in [0.4, 0.5) is 0 Å². The lowest BCUT2D eigenvalue weighted by atomic mass is 9.99. The van der Waals surface area contributed by atoms with Gasteiger partial charge in [0.25, 0.3) is 0 Å². The topological polar surface area (TPSA) is 176 Å². The van der Waals surface area contributed by atoms with Crippen molar-refractivity contribution in [2.45, 2.75) is 30.7 Å². The Morgan fingerprint density at radius 2 is 1.73 bits per heavy atom. The molecule has 4 rings (SSSR count). The lowest BCUT2D eigenvalue weighted by Crippen LogP contribution is -2.61.